The molecule has 1 heterocycles. The molecule has 0 aromatic heterocycles. The maximum Gasteiger partial charge on any atom is 0.166 e. The van der Waals surface area contributed by atoms with Gasteiger partial charge in [0.05, 0.1) is 12.2 Å². The van der Waals surface area contributed by atoms with Crippen LogP contribution in [0, 0.1) is 5.92 Å². The van der Waals surface area contributed by atoms with Crippen molar-refractivity contribution >= 4 is 5.78 Å². The minimum atomic E-state index is 0.00698. The average molecular weight is 332 g/mol. The van der Waals surface area contributed by atoms with Gasteiger partial charge in [0.15, 0.2) is 5.78 Å². The Balaban J connectivity index is 2.00. The first-order valence-corrected chi connectivity index (χ1v) is 9.25. The third kappa shape index (κ3) is 4.67. The predicted octanol–water partition coefficient (Wildman–Crippen LogP) is 4.30. The van der Waals surface area contributed by atoms with Crippen LogP contribution in [0.2, 0.25) is 0 Å². The summed E-state index contributed by atoms with van der Waals surface area (Å²) in [7, 11) is 0. The molecule has 0 aliphatic carbocycles. The molecule has 3 nitrogen and oxygen atoms in total. The van der Waals surface area contributed by atoms with Crippen molar-refractivity contribution in [2.24, 2.45) is 5.92 Å². The molecule has 0 spiro atoms. The smallest absolute Gasteiger partial charge is 0.166 e. The van der Waals surface area contributed by atoms with Gasteiger partial charge in [-0.2, -0.15) is 0 Å². The summed E-state index contributed by atoms with van der Waals surface area (Å²) in [5.41, 5.74) is 2.28. The van der Waals surface area contributed by atoms with Crippen molar-refractivity contribution in [3.05, 3.63) is 35.4 Å². The van der Waals surface area contributed by atoms with Crippen molar-refractivity contribution in [3.63, 3.8) is 0 Å². The molecule has 1 fully saturated rings. The zero-order valence-corrected chi connectivity index (χ0v) is 16.1. The Morgan fingerprint density at radius 2 is 1.75 bits per heavy atom. The van der Waals surface area contributed by atoms with Crippen molar-refractivity contribution < 1.29 is 9.53 Å². The normalized spacial score (nSPS) is 23.9. The maximum atomic E-state index is 12.8. The topological polar surface area (TPSA) is 29.5 Å². The number of nitrogens with zero attached hydrogens (tertiary/aromatic N) is 1. The Morgan fingerprint density at radius 1 is 1.21 bits per heavy atom. The average Bonchev–Trinajstić information content (AvgIpc) is 2.53. The van der Waals surface area contributed by atoms with Crippen LogP contribution in [-0.2, 0) is 10.2 Å². The highest BCUT2D eigenvalue weighted by molar-refractivity contribution is 5.97. The molecule has 0 unspecified atom stereocenters. The standard InChI is InChI=1S/C21H33NO2/c1-7-21(5,6)19-10-8-18(9-11-19)20(23)15(2)12-22-13-16(3)24-17(4)14-22/h8-11,15-17H,7,12-14H2,1-6H3/t15-,16-,17+/m0/s1. The van der Waals surface area contributed by atoms with Gasteiger partial charge in [-0.1, -0.05) is 52.0 Å². The van der Waals surface area contributed by atoms with Crippen LogP contribution in [0.15, 0.2) is 24.3 Å². The lowest BCUT2D eigenvalue weighted by atomic mass is 9.81. The molecule has 3 heteroatoms. The van der Waals surface area contributed by atoms with Crippen molar-refractivity contribution in [1.82, 2.24) is 4.90 Å². The van der Waals surface area contributed by atoms with Crippen LogP contribution >= 0.6 is 0 Å². The highest BCUT2D eigenvalue weighted by atomic mass is 16.5. The van der Waals surface area contributed by atoms with E-state index in [-0.39, 0.29) is 29.3 Å². The van der Waals surface area contributed by atoms with E-state index in [1.165, 1.54) is 5.56 Å². The molecule has 134 valence electrons. The highest BCUT2D eigenvalue weighted by Gasteiger charge is 2.26. The first-order chi connectivity index (χ1) is 11.2. The quantitative estimate of drug-likeness (QED) is 0.728. The number of hydrogen-bond donors (Lipinski definition) is 0. The number of morpholine rings is 1. The van der Waals surface area contributed by atoms with E-state index in [9.17, 15) is 4.79 Å². The van der Waals surface area contributed by atoms with Crippen LogP contribution in [0.5, 0.6) is 0 Å². The van der Waals surface area contributed by atoms with Gasteiger partial charge in [0.25, 0.3) is 0 Å². The SMILES string of the molecule is CCC(C)(C)c1ccc(C(=O)[C@@H](C)CN2C[C@@H](C)O[C@@H](C)C2)cc1. The van der Waals surface area contributed by atoms with Crippen LogP contribution in [0.3, 0.4) is 0 Å². The first kappa shape index (κ1) is 19.1. The summed E-state index contributed by atoms with van der Waals surface area (Å²) < 4.78 is 5.77. The van der Waals surface area contributed by atoms with E-state index in [0.29, 0.717) is 0 Å². The van der Waals surface area contributed by atoms with Crippen LogP contribution < -0.4 is 0 Å². The lowest BCUT2D eigenvalue weighted by Gasteiger charge is -2.36. The van der Waals surface area contributed by atoms with Crippen LogP contribution in [-0.4, -0.2) is 42.5 Å². The summed E-state index contributed by atoms with van der Waals surface area (Å²) in [6, 6.07) is 8.22. The lowest BCUT2D eigenvalue weighted by Crippen LogP contribution is -2.47. The molecule has 2 rings (SSSR count). The number of ether oxygens (including phenoxy) is 1. The molecule has 0 radical (unpaired) electrons. The van der Waals surface area contributed by atoms with E-state index >= 15 is 0 Å². The van der Waals surface area contributed by atoms with Crippen molar-refractivity contribution in [2.45, 2.75) is 65.6 Å². The molecule has 1 aromatic carbocycles. The molecular formula is C21H33NO2. The van der Waals surface area contributed by atoms with Gasteiger partial charge in [-0.25, -0.2) is 0 Å². The van der Waals surface area contributed by atoms with Crippen LogP contribution in [0.1, 0.15) is 63.9 Å². The zero-order chi connectivity index (χ0) is 17.9. The number of carbonyl (C=O) groups excluding carboxylic acids is 1. The Morgan fingerprint density at radius 3 is 2.25 bits per heavy atom. The van der Waals surface area contributed by atoms with Gasteiger partial charge in [0.2, 0.25) is 0 Å². The number of benzene rings is 1. The third-order valence-electron chi connectivity index (χ3n) is 5.31. The summed E-state index contributed by atoms with van der Waals surface area (Å²) in [4.78, 5) is 15.1. The summed E-state index contributed by atoms with van der Waals surface area (Å²) in [6.07, 6.45) is 1.57. The molecular weight excluding hydrogens is 298 g/mol. The maximum absolute atomic E-state index is 12.8. The number of hydrogen-bond acceptors (Lipinski definition) is 3. The number of rotatable bonds is 6. The lowest BCUT2D eigenvalue weighted by molar-refractivity contribution is -0.0700. The Hall–Kier alpha value is -1.19. The zero-order valence-electron chi connectivity index (χ0n) is 16.1. The molecule has 0 amide bonds. The van der Waals surface area contributed by atoms with Gasteiger partial charge in [-0.05, 0) is 31.2 Å². The third-order valence-corrected chi connectivity index (χ3v) is 5.31. The van der Waals surface area contributed by atoms with Crippen LogP contribution in [0.4, 0.5) is 0 Å². The van der Waals surface area contributed by atoms with Crippen LogP contribution in [0.25, 0.3) is 0 Å². The molecule has 0 N–H and O–H groups in total. The van der Waals surface area contributed by atoms with Crippen molar-refractivity contribution in [2.75, 3.05) is 19.6 Å². The molecule has 0 bridgehead atoms. The van der Waals surface area contributed by atoms with Crippen molar-refractivity contribution in [1.29, 1.82) is 0 Å². The Bertz CT molecular complexity index is 539. The number of ketones is 1. The van der Waals surface area contributed by atoms with E-state index in [2.05, 4.69) is 51.7 Å². The fraction of sp³-hybridized carbons (Fsp3) is 0.667. The summed E-state index contributed by atoms with van der Waals surface area (Å²) >= 11 is 0. The predicted molar refractivity (Wildman–Crippen MR) is 99.7 cm³/mol. The monoisotopic (exact) mass is 331 g/mol. The summed E-state index contributed by atoms with van der Waals surface area (Å²) in [6.45, 7) is 15.5. The van der Waals surface area contributed by atoms with Gasteiger partial charge in [0.1, 0.15) is 0 Å². The summed E-state index contributed by atoms with van der Waals surface area (Å²) in [5.74, 6) is 0.246. The van der Waals surface area contributed by atoms with Gasteiger partial charge >= 0.3 is 0 Å². The van der Waals surface area contributed by atoms with E-state index in [0.717, 1.165) is 31.6 Å². The minimum absolute atomic E-state index is 0.00698. The minimum Gasteiger partial charge on any atom is -0.373 e. The Kier molecular flexibility index (Phi) is 6.22. The Labute approximate surface area is 147 Å². The second-order valence-corrected chi connectivity index (χ2v) is 8.06. The van der Waals surface area contributed by atoms with Crippen molar-refractivity contribution in [3.8, 4) is 0 Å². The molecule has 0 saturated carbocycles. The molecule has 3 atom stereocenters. The van der Waals surface area contributed by atoms with E-state index in [1.807, 2.05) is 19.1 Å². The molecule has 1 aromatic rings. The highest BCUT2D eigenvalue weighted by Crippen LogP contribution is 2.27. The van der Waals surface area contributed by atoms with E-state index in [4.69, 9.17) is 4.74 Å². The van der Waals surface area contributed by atoms with Gasteiger partial charge in [0, 0.05) is 31.1 Å². The number of Topliss-reactive ketones (excluding diaryl/α,β-unsaturated/α-hetero) is 1. The van der Waals surface area contributed by atoms with E-state index < -0.39 is 0 Å². The fourth-order valence-corrected chi connectivity index (χ4v) is 3.48. The fourth-order valence-electron chi connectivity index (χ4n) is 3.48. The largest absolute Gasteiger partial charge is 0.373 e. The molecule has 1 saturated heterocycles. The van der Waals surface area contributed by atoms with Gasteiger partial charge in [-0.15, -0.1) is 0 Å². The molecule has 1 aliphatic rings. The number of carbonyl (C=O) groups is 1. The van der Waals surface area contributed by atoms with Gasteiger partial charge in [-0.3, -0.25) is 9.69 Å². The second-order valence-electron chi connectivity index (χ2n) is 8.06. The second kappa shape index (κ2) is 7.79. The molecule has 1 aliphatic heterocycles. The first-order valence-electron chi connectivity index (χ1n) is 9.25. The molecule has 24 heavy (non-hydrogen) atoms. The van der Waals surface area contributed by atoms with E-state index in [1.54, 1.807) is 0 Å². The van der Waals surface area contributed by atoms with Gasteiger partial charge < -0.3 is 4.74 Å². The summed E-state index contributed by atoms with van der Waals surface area (Å²) in [5, 5.41) is 0.